The Kier molecular flexibility index (Phi) is 5.43. The van der Waals surface area contributed by atoms with Crippen molar-refractivity contribution in [3.8, 4) is 0 Å². The zero-order valence-electron chi connectivity index (χ0n) is 14.6. The minimum Gasteiger partial charge on any atom is -0.352 e. The number of benzene rings is 2. The van der Waals surface area contributed by atoms with E-state index in [-0.39, 0.29) is 24.3 Å². The van der Waals surface area contributed by atoms with Crippen LogP contribution in [0.2, 0.25) is 0 Å². The number of hydrogen-bond donors (Lipinski definition) is 2. The van der Waals surface area contributed by atoms with E-state index < -0.39 is 0 Å². The van der Waals surface area contributed by atoms with Crippen LogP contribution in [0.3, 0.4) is 0 Å². The van der Waals surface area contributed by atoms with Crippen LogP contribution in [0, 0.1) is 0 Å². The second-order valence-corrected chi connectivity index (χ2v) is 6.16. The Morgan fingerprint density at radius 3 is 2.31 bits per heavy atom. The lowest BCUT2D eigenvalue weighted by Crippen LogP contribution is -2.29. The molecule has 6 nitrogen and oxygen atoms in total. The summed E-state index contributed by atoms with van der Waals surface area (Å²) in [6.07, 6.45) is 0.844. The molecule has 0 bridgehead atoms. The minimum absolute atomic E-state index is 0.146. The number of fused-ring (bicyclic) bond motifs is 1. The molecule has 1 aliphatic heterocycles. The molecule has 0 aliphatic carbocycles. The molecular weight excluding hydrogens is 330 g/mol. The number of nitrogens with one attached hydrogen (secondary N) is 2. The summed E-state index contributed by atoms with van der Waals surface area (Å²) in [5.74, 6) is -0.759. The number of nitrogens with zero attached hydrogens (tertiary/aromatic N) is 1. The maximum atomic E-state index is 12.5. The van der Waals surface area contributed by atoms with Gasteiger partial charge >= 0.3 is 0 Å². The molecule has 0 atom stereocenters. The Balaban J connectivity index is 1.69. The highest BCUT2D eigenvalue weighted by molar-refractivity contribution is 6.21. The first-order chi connectivity index (χ1) is 12.6. The largest absolute Gasteiger partial charge is 0.352 e. The zero-order chi connectivity index (χ0) is 18.5. The summed E-state index contributed by atoms with van der Waals surface area (Å²) in [5, 5.41) is 5.89. The quantitative estimate of drug-likeness (QED) is 0.589. The first-order valence-electron chi connectivity index (χ1n) is 8.59. The van der Waals surface area contributed by atoms with Crippen LogP contribution < -0.4 is 10.6 Å². The topological polar surface area (TPSA) is 78.5 Å². The van der Waals surface area contributed by atoms with Crippen molar-refractivity contribution in [2.45, 2.75) is 13.0 Å². The molecule has 2 aromatic rings. The lowest BCUT2D eigenvalue weighted by atomic mass is 10.1. The van der Waals surface area contributed by atoms with E-state index in [4.69, 9.17) is 0 Å². The Morgan fingerprint density at radius 1 is 0.962 bits per heavy atom. The zero-order valence-corrected chi connectivity index (χ0v) is 14.6. The summed E-state index contributed by atoms with van der Waals surface area (Å²) in [6.45, 7) is 1.57. The highest BCUT2D eigenvalue weighted by Gasteiger charge is 2.34. The third kappa shape index (κ3) is 3.65. The van der Waals surface area contributed by atoms with Gasteiger partial charge in [0.15, 0.2) is 0 Å². The third-order valence-corrected chi connectivity index (χ3v) is 4.30. The molecule has 3 rings (SSSR count). The summed E-state index contributed by atoms with van der Waals surface area (Å²) in [7, 11) is 1.87. The van der Waals surface area contributed by atoms with Gasteiger partial charge in [0.25, 0.3) is 17.7 Å². The highest BCUT2D eigenvalue weighted by Crippen LogP contribution is 2.24. The van der Waals surface area contributed by atoms with Gasteiger partial charge in [0, 0.05) is 12.1 Å². The molecular formula is C20H21N3O3. The van der Waals surface area contributed by atoms with Gasteiger partial charge < -0.3 is 10.6 Å². The average Bonchev–Trinajstić information content (AvgIpc) is 2.91. The fourth-order valence-electron chi connectivity index (χ4n) is 2.95. The number of rotatable bonds is 7. The summed E-state index contributed by atoms with van der Waals surface area (Å²) in [6, 6.07) is 13.8. The molecule has 0 radical (unpaired) electrons. The highest BCUT2D eigenvalue weighted by atomic mass is 16.2. The Labute approximate surface area is 152 Å². The summed E-state index contributed by atoms with van der Waals surface area (Å²) in [5.41, 5.74) is 2.11. The first kappa shape index (κ1) is 17.8. The molecule has 26 heavy (non-hydrogen) atoms. The van der Waals surface area contributed by atoms with Crippen LogP contribution in [0.15, 0.2) is 48.5 Å². The van der Waals surface area contributed by atoms with Crippen LogP contribution in [0.5, 0.6) is 0 Å². The molecule has 134 valence electrons. The molecule has 0 saturated carbocycles. The Morgan fingerprint density at radius 2 is 1.65 bits per heavy atom. The van der Waals surface area contributed by atoms with E-state index in [0.29, 0.717) is 23.2 Å². The van der Waals surface area contributed by atoms with Crippen molar-refractivity contribution in [3.63, 3.8) is 0 Å². The molecule has 1 aliphatic rings. The molecule has 2 N–H and O–H groups in total. The molecule has 6 heteroatoms. The van der Waals surface area contributed by atoms with E-state index >= 15 is 0 Å². The fraction of sp³-hybridized carbons (Fsp3) is 0.250. The molecule has 0 aromatic heterocycles. The summed E-state index contributed by atoms with van der Waals surface area (Å²) in [4.78, 5) is 38.3. The van der Waals surface area contributed by atoms with Gasteiger partial charge in [0.2, 0.25) is 0 Å². The van der Waals surface area contributed by atoms with Crippen LogP contribution in [-0.4, -0.2) is 42.8 Å². The number of carbonyl (C=O) groups is 3. The number of imide groups is 1. The van der Waals surface area contributed by atoms with Crippen LogP contribution in [0.1, 0.15) is 43.1 Å². The maximum absolute atomic E-state index is 12.5. The molecule has 0 fully saturated rings. The van der Waals surface area contributed by atoms with Crippen molar-refractivity contribution in [3.05, 3.63) is 70.8 Å². The average molecular weight is 351 g/mol. The molecule has 1 heterocycles. The van der Waals surface area contributed by atoms with Crippen molar-refractivity contribution in [1.82, 2.24) is 15.5 Å². The van der Waals surface area contributed by atoms with Gasteiger partial charge in [-0.05, 0) is 49.8 Å². The van der Waals surface area contributed by atoms with Gasteiger partial charge in [-0.3, -0.25) is 19.3 Å². The number of carbonyl (C=O) groups excluding carboxylic acids is 3. The lowest BCUT2D eigenvalue weighted by Gasteiger charge is -2.14. The van der Waals surface area contributed by atoms with Crippen molar-refractivity contribution in [2.75, 3.05) is 20.1 Å². The van der Waals surface area contributed by atoms with Gasteiger partial charge in [-0.1, -0.05) is 24.3 Å². The predicted molar refractivity (Wildman–Crippen MR) is 98.0 cm³/mol. The van der Waals surface area contributed by atoms with E-state index in [9.17, 15) is 14.4 Å². The normalized spacial score (nSPS) is 13.0. The maximum Gasteiger partial charge on any atom is 0.261 e. The summed E-state index contributed by atoms with van der Waals surface area (Å²) >= 11 is 0. The van der Waals surface area contributed by atoms with E-state index in [2.05, 4.69) is 10.6 Å². The van der Waals surface area contributed by atoms with E-state index in [1.807, 2.05) is 7.05 Å². The van der Waals surface area contributed by atoms with Gasteiger partial charge in [-0.2, -0.15) is 0 Å². The number of hydrogen-bond acceptors (Lipinski definition) is 4. The molecule has 3 amide bonds. The van der Waals surface area contributed by atoms with E-state index in [1.165, 1.54) is 4.90 Å². The predicted octanol–water partition coefficient (Wildman–Crippen LogP) is 1.82. The van der Waals surface area contributed by atoms with Gasteiger partial charge in [-0.15, -0.1) is 0 Å². The Hall–Kier alpha value is -2.99. The smallest absolute Gasteiger partial charge is 0.261 e. The molecule has 2 aromatic carbocycles. The Bertz CT molecular complexity index is 813. The van der Waals surface area contributed by atoms with Crippen LogP contribution in [-0.2, 0) is 6.54 Å². The van der Waals surface area contributed by atoms with Gasteiger partial charge in [0.05, 0.1) is 17.7 Å². The van der Waals surface area contributed by atoms with Gasteiger partial charge in [0.1, 0.15) is 0 Å². The second-order valence-electron chi connectivity index (χ2n) is 6.16. The monoisotopic (exact) mass is 351 g/mol. The van der Waals surface area contributed by atoms with Crippen molar-refractivity contribution in [1.29, 1.82) is 0 Å². The molecule has 0 unspecified atom stereocenters. The number of amides is 3. The van der Waals surface area contributed by atoms with Crippen molar-refractivity contribution in [2.24, 2.45) is 0 Å². The SMILES string of the molecule is CNCCCNC(=O)c1cccc(CN2C(=O)c3ccccc3C2=O)c1. The van der Waals surface area contributed by atoms with Crippen LogP contribution in [0.4, 0.5) is 0 Å². The van der Waals surface area contributed by atoms with Crippen LogP contribution in [0.25, 0.3) is 0 Å². The van der Waals surface area contributed by atoms with Crippen molar-refractivity contribution >= 4 is 17.7 Å². The minimum atomic E-state index is -0.299. The molecule has 0 saturated heterocycles. The first-order valence-corrected chi connectivity index (χ1v) is 8.59. The van der Waals surface area contributed by atoms with Crippen molar-refractivity contribution < 1.29 is 14.4 Å². The third-order valence-electron chi connectivity index (χ3n) is 4.30. The van der Waals surface area contributed by atoms with E-state index in [1.54, 1.807) is 48.5 Å². The molecule has 0 spiro atoms. The lowest BCUT2D eigenvalue weighted by molar-refractivity contribution is 0.0642. The fourth-order valence-corrected chi connectivity index (χ4v) is 2.95. The van der Waals surface area contributed by atoms with Gasteiger partial charge in [-0.25, -0.2) is 0 Å². The van der Waals surface area contributed by atoms with E-state index in [0.717, 1.165) is 18.5 Å². The van der Waals surface area contributed by atoms with Crippen LogP contribution >= 0.6 is 0 Å². The second kappa shape index (κ2) is 7.93. The summed E-state index contributed by atoms with van der Waals surface area (Å²) < 4.78 is 0. The standard InChI is InChI=1S/C20H21N3O3/c1-21-10-5-11-22-18(24)15-7-4-6-14(12-15)13-23-19(25)16-8-2-3-9-17(16)20(23)26/h2-4,6-9,12,21H,5,10-11,13H2,1H3,(H,22,24).